The molecule has 116 valence electrons. The largest absolute Gasteiger partial charge is 0.480 e. The van der Waals surface area contributed by atoms with Crippen molar-refractivity contribution in [3.63, 3.8) is 0 Å². The molecule has 0 spiro atoms. The van der Waals surface area contributed by atoms with Crippen molar-refractivity contribution in [2.45, 2.75) is 57.1 Å². The Morgan fingerprint density at radius 1 is 1.48 bits per heavy atom. The molecule has 1 fully saturated rings. The Morgan fingerprint density at radius 3 is 2.62 bits per heavy atom. The Hall–Kier alpha value is -1.07. The van der Waals surface area contributed by atoms with Gasteiger partial charge in [0.25, 0.3) is 0 Å². The number of carbonyl (C=O) groups is 1. The molecule has 1 heterocycles. The van der Waals surface area contributed by atoms with Gasteiger partial charge in [-0.05, 0) is 64.2 Å². The minimum Gasteiger partial charge on any atom is -0.480 e. The number of hydrogen-bond acceptors (Lipinski definition) is 4. The highest BCUT2D eigenvalue weighted by Crippen LogP contribution is 2.42. The summed E-state index contributed by atoms with van der Waals surface area (Å²) in [5.74, 6) is 0.00697. The van der Waals surface area contributed by atoms with E-state index in [1.807, 2.05) is 39.8 Å². The van der Waals surface area contributed by atoms with E-state index in [0.717, 1.165) is 29.1 Å². The van der Waals surface area contributed by atoms with E-state index in [1.54, 1.807) is 0 Å². The summed E-state index contributed by atoms with van der Waals surface area (Å²) in [7, 11) is 0. The highest BCUT2D eigenvalue weighted by atomic mass is 32.2. The predicted molar refractivity (Wildman–Crippen MR) is 85.8 cm³/mol. The van der Waals surface area contributed by atoms with E-state index < -0.39 is 11.5 Å². The monoisotopic (exact) mass is 308 g/mol. The molecule has 2 rings (SSSR count). The molecule has 0 radical (unpaired) electrons. The number of hydrogen-bond donors (Lipinski definition) is 2. The van der Waals surface area contributed by atoms with Gasteiger partial charge >= 0.3 is 5.97 Å². The van der Waals surface area contributed by atoms with Crippen LogP contribution in [0.5, 0.6) is 0 Å². The van der Waals surface area contributed by atoms with Gasteiger partial charge in [-0.2, -0.15) is 0 Å². The molecule has 0 bridgehead atoms. The Morgan fingerprint density at radius 2 is 2.14 bits per heavy atom. The van der Waals surface area contributed by atoms with Crippen LogP contribution in [-0.4, -0.2) is 33.4 Å². The highest BCUT2D eigenvalue weighted by Gasteiger charge is 2.51. The van der Waals surface area contributed by atoms with Crippen LogP contribution in [0.4, 0.5) is 0 Å². The molecule has 5 heteroatoms. The first-order valence-corrected chi connectivity index (χ1v) is 8.41. The molecule has 21 heavy (non-hydrogen) atoms. The SMILES string of the molecule is Cc1cc(C)nc(SCC(NC(C)C)(C(=O)O)C2CC2)c1. The number of nitrogens with one attached hydrogen (secondary N) is 1. The predicted octanol–water partition coefficient (Wildman–Crippen LogP) is 3.02. The van der Waals surface area contributed by atoms with Crippen molar-refractivity contribution in [2.24, 2.45) is 5.92 Å². The van der Waals surface area contributed by atoms with Gasteiger partial charge in [-0.15, -0.1) is 11.8 Å². The maximum absolute atomic E-state index is 11.9. The number of thioether (sulfide) groups is 1. The molecule has 2 N–H and O–H groups in total. The van der Waals surface area contributed by atoms with Gasteiger partial charge in [0.2, 0.25) is 0 Å². The number of rotatable bonds is 7. The van der Waals surface area contributed by atoms with Gasteiger partial charge in [-0.25, -0.2) is 4.98 Å². The summed E-state index contributed by atoms with van der Waals surface area (Å²) >= 11 is 1.54. The number of nitrogens with zero attached hydrogens (tertiary/aromatic N) is 1. The molecule has 1 unspecified atom stereocenters. The van der Waals surface area contributed by atoms with Crippen LogP contribution in [0.1, 0.15) is 37.9 Å². The van der Waals surface area contributed by atoms with Crippen LogP contribution in [0, 0.1) is 19.8 Å². The first kappa shape index (κ1) is 16.3. The van der Waals surface area contributed by atoms with E-state index in [-0.39, 0.29) is 12.0 Å². The van der Waals surface area contributed by atoms with E-state index in [4.69, 9.17) is 0 Å². The van der Waals surface area contributed by atoms with Crippen LogP contribution in [0.3, 0.4) is 0 Å². The average Bonchev–Trinajstić information content (AvgIpc) is 3.16. The summed E-state index contributed by atoms with van der Waals surface area (Å²) in [6.45, 7) is 8.00. The molecule has 1 aromatic rings. The fourth-order valence-electron chi connectivity index (χ4n) is 2.73. The molecule has 1 aromatic heterocycles. The minimum atomic E-state index is -0.835. The number of carboxylic acid groups (broad SMARTS) is 1. The zero-order valence-corrected chi connectivity index (χ0v) is 14.0. The summed E-state index contributed by atoms with van der Waals surface area (Å²) in [4.78, 5) is 16.4. The molecular formula is C16H24N2O2S. The lowest BCUT2D eigenvalue weighted by atomic mass is 9.94. The summed E-state index contributed by atoms with van der Waals surface area (Å²) in [6, 6.07) is 4.20. The third-order valence-electron chi connectivity index (χ3n) is 3.72. The zero-order chi connectivity index (χ0) is 15.6. The molecule has 0 saturated heterocycles. The third kappa shape index (κ3) is 3.98. The molecule has 0 aliphatic heterocycles. The lowest BCUT2D eigenvalue weighted by Crippen LogP contribution is -2.58. The van der Waals surface area contributed by atoms with Crippen LogP contribution >= 0.6 is 11.8 Å². The molecular weight excluding hydrogens is 284 g/mol. The van der Waals surface area contributed by atoms with Crippen molar-refractivity contribution >= 4 is 17.7 Å². The number of aromatic nitrogens is 1. The second-order valence-electron chi connectivity index (χ2n) is 6.26. The van der Waals surface area contributed by atoms with E-state index >= 15 is 0 Å². The van der Waals surface area contributed by atoms with Gasteiger partial charge in [0, 0.05) is 17.5 Å². The van der Waals surface area contributed by atoms with Crippen LogP contribution in [0.15, 0.2) is 17.2 Å². The van der Waals surface area contributed by atoms with E-state index in [1.165, 1.54) is 11.8 Å². The molecule has 1 aliphatic rings. The number of carboxylic acids is 1. The van der Waals surface area contributed by atoms with Gasteiger partial charge in [-0.3, -0.25) is 10.1 Å². The van der Waals surface area contributed by atoms with Crippen LogP contribution in [0.2, 0.25) is 0 Å². The Bertz CT molecular complexity index is 509. The van der Waals surface area contributed by atoms with Crippen LogP contribution < -0.4 is 5.32 Å². The highest BCUT2D eigenvalue weighted by molar-refractivity contribution is 7.99. The van der Waals surface area contributed by atoms with Crippen molar-refractivity contribution in [1.82, 2.24) is 10.3 Å². The van der Waals surface area contributed by atoms with Gasteiger partial charge in [0.05, 0.1) is 5.03 Å². The quantitative estimate of drug-likeness (QED) is 0.758. The second-order valence-corrected chi connectivity index (χ2v) is 7.26. The summed E-state index contributed by atoms with van der Waals surface area (Å²) < 4.78 is 0. The van der Waals surface area contributed by atoms with Crippen molar-refractivity contribution in [1.29, 1.82) is 0 Å². The zero-order valence-electron chi connectivity index (χ0n) is 13.1. The van der Waals surface area contributed by atoms with Crippen molar-refractivity contribution in [2.75, 3.05) is 5.75 Å². The van der Waals surface area contributed by atoms with Crippen LogP contribution in [-0.2, 0) is 4.79 Å². The standard InChI is InChI=1S/C16H24N2O2S/c1-10(2)18-16(15(19)20,13-5-6-13)9-21-14-8-11(3)7-12(4)17-14/h7-8,10,13,18H,5-6,9H2,1-4H3,(H,19,20). The normalized spacial score (nSPS) is 17.8. The van der Waals surface area contributed by atoms with Crippen molar-refractivity contribution in [3.8, 4) is 0 Å². The van der Waals surface area contributed by atoms with E-state index in [2.05, 4.69) is 10.3 Å². The Labute approximate surface area is 130 Å². The van der Waals surface area contributed by atoms with Crippen molar-refractivity contribution < 1.29 is 9.90 Å². The topological polar surface area (TPSA) is 62.2 Å². The maximum atomic E-state index is 11.9. The molecule has 1 aliphatic carbocycles. The fourth-order valence-corrected chi connectivity index (χ4v) is 4.03. The molecule has 1 saturated carbocycles. The van der Waals surface area contributed by atoms with Crippen molar-refractivity contribution in [3.05, 3.63) is 23.4 Å². The van der Waals surface area contributed by atoms with Crippen LogP contribution in [0.25, 0.3) is 0 Å². The molecule has 0 aromatic carbocycles. The van der Waals surface area contributed by atoms with Gasteiger partial charge in [0.1, 0.15) is 5.54 Å². The molecule has 1 atom stereocenters. The summed E-state index contributed by atoms with van der Waals surface area (Å²) in [6.07, 6.45) is 1.99. The number of aliphatic carboxylic acids is 1. The second kappa shape index (κ2) is 6.36. The van der Waals surface area contributed by atoms with E-state index in [0.29, 0.717) is 5.75 Å². The summed E-state index contributed by atoms with van der Waals surface area (Å²) in [5, 5.41) is 14.0. The van der Waals surface area contributed by atoms with Gasteiger partial charge in [-0.1, -0.05) is 0 Å². The van der Waals surface area contributed by atoms with E-state index in [9.17, 15) is 9.90 Å². The molecule has 0 amide bonds. The average molecular weight is 308 g/mol. The van der Waals surface area contributed by atoms with Gasteiger partial charge in [0.15, 0.2) is 0 Å². The lowest BCUT2D eigenvalue weighted by Gasteiger charge is -2.32. The Balaban J connectivity index is 2.16. The minimum absolute atomic E-state index is 0.148. The first-order valence-electron chi connectivity index (χ1n) is 7.42. The van der Waals surface area contributed by atoms with Gasteiger partial charge < -0.3 is 5.11 Å². The number of pyridine rings is 1. The molecule has 4 nitrogen and oxygen atoms in total. The first-order chi connectivity index (χ1) is 9.83. The maximum Gasteiger partial charge on any atom is 0.325 e. The summed E-state index contributed by atoms with van der Waals surface area (Å²) in [5.41, 5.74) is 1.30. The third-order valence-corrected chi connectivity index (χ3v) is 4.83. The Kier molecular flexibility index (Phi) is 4.94. The lowest BCUT2D eigenvalue weighted by molar-refractivity contribution is -0.145. The smallest absolute Gasteiger partial charge is 0.325 e. The number of aryl methyl sites for hydroxylation is 2. The fraction of sp³-hybridized carbons (Fsp3) is 0.625.